The van der Waals surface area contributed by atoms with Crippen LogP contribution in [-0.4, -0.2) is 15.0 Å². The van der Waals surface area contributed by atoms with Crippen LogP contribution in [0.1, 0.15) is 0 Å². The Morgan fingerprint density at radius 2 is 1.92 bits per heavy atom. The molecule has 0 aliphatic heterocycles. The van der Waals surface area contributed by atoms with E-state index in [4.69, 9.17) is 0 Å². The van der Waals surface area contributed by atoms with Gasteiger partial charge in [0.1, 0.15) is 5.52 Å². The molecule has 0 fully saturated rings. The number of nitrogens with one attached hydrogen (secondary N) is 3. The third kappa shape index (κ3) is 1.14. The van der Waals surface area contributed by atoms with E-state index in [0.717, 1.165) is 0 Å². The van der Waals surface area contributed by atoms with E-state index in [0.29, 0.717) is 11.0 Å². The molecule has 0 saturated heterocycles. The molecule has 0 aromatic carbocycles. The molecule has 5 nitrogen and oxygen atoms in total. The van der Waals surface area contributed by atoms with Crippen LogP contribution in [-0.2, 0) is 0 Å². The number of hydrogen-bond donors (Lipinski definition) is 3. The van der Waals surface area contributed by atoms with E-state index < -0.39 is 11.2 Å². The van der Waals surface area contributed by atoms with Crippen molar-refractivity contribution >= 4 is 23.4 Å². The quantitative estimate of drug-likeness (QED) is 0.541. The van der Waals surface area contributed by atoms with Gasteiger partial charge in [0.2, 0.25) is 0 Å². The molecule has 0 unspecified atom stereocenters. The lowest BCUT2D eigenvalue weighted by Gasteiger charge is -1.85. The van der Waals surface area contributed by atoms with E-state index in [1.807, 2.05) is 0 Å². The SMILES string of the molecule is Cl.O=c1[nH]c(=O)c2[nH]ccc2[nH]1. The molecule has 0 aliphatic carbocycles. The lowest BCUT2D eigenvalue weighted by atomic mass is 10.5. The van der Waals surface area contributed by atoms with Crippen molar-refractivity contribution in [1.29, 1.82) is 0 Å². The predicted octanol–water partition coefficient (Wildman–Crippen LogP) is -0.0337. The van der Waals surface area contributed by atoms with Crippen LogP contribution in [0.2, 0.25) is 0 Å². The monoisotopic (exact) mass is 187 g/mol. The number of aromatic amines is 3. The van der Waals surface area contributed by atoms with E-state index in [1.54, 1.807) is 12.3 Å². The maximum Gasteiger partial charge on any atom is 0.326 e. The molecule has 0 saturated carbocycles. The van der Waals surface area contributed by atoms with Crippen molar-refractivity contribution in [2.45, 2.75) is 0 Å². The summed E-state index contributed by atoms with van der Waals surface area (Å²) >= 11 is 0. The number of hydrogen-bond acceptors (Lipinski definition) is 2. The van der Waals surface area contributed by atoms with Crippen LogP contribution in [0.25, 0.3) is 11.0 Å². The van der Waals surface area contributed by atoms with Gasteiger partial charge in [-0.15, -0.1) is 12.4 Å². The number of H-pyrrole nitrogens is 3. The molecule has 64 valence electrons. The van der Waals surface area contributed by atoms with Gasteiger partial charge in [0.25, 0.3) is 5.56 Å². The van der Waals surface area contributed by atoms with Gasteiger partial charge in [-0.3, -0.25) is 9.78 Å². The van der Waals surface area contributed by atoms with E-state index in [9.17, 15) is 9.59 Å². The molecule has 0 aliphatic rings. The van der Waals surface area contributed by atoms with Crippen LogP contribution < -0.4 is 11.2 Å². The highest BCUT2D eigenvalue weighted by Gasteiger charge is 1.98. The van der Waals surface area contributed by atoms with Gasteiger partial charge in [-0.2, -0.15) is 0 Å². The third-order valence-electron chi connectivity index (χ3n) is 1.45. The summed E-state index contributed by atoms with van der Waals surface area (Å²) in [4.78, 5) is 28.9. The highest BCUT2D eigenvalue weighted by Crippen LogP contribution is 1.97. The number of rotatable bonds is 0. The minimum Gasteiger partial charge on any atom is -0.355 e. The van der Waals surface area contributed by atoms with Crippen LogP contribution in [0, 0.1) is 0 Å². The van der Waals surface area contributed by atoms with Gasteiger partial charge < -0.3 is 9.97 Å². The molecule has 12 heavy (non-hydrogen) atoms. The minimum absolute atomic E-state index is 0. The van der Waals surface area contributed by atoms with Gasteiger partial charge in [-0.25, -0.2) is 4.79 Å². The number of aromatic nitrogens is 3. The molecule has 0 atom stereocenters. The summed E-state index contributed by atoms with van der Waals surface area (Å²) < 4.78 is 0. The largest absolute Gasteiger partial charge is 0.355 e. The van der Waals surface area contributed by atoms with E-state index in [1.165, 1.54) is 0 Å². The van der Waals surface area contributed by atoms with Crippen molar-refractivity contribution in [3.8, 4) is 0 Å². The Labute approximate surface area is 72.2 Å². The van der Waals surface area contributed by atoms with Gasteiger partial charge in [-0.05, 0) is 6.07 Å². The Bertz CT molecular complexity index is 495. The minimum atomic E-state index is -0.484. The second-order valence-corrected chi connectivity index (χ2v) is 2.17. The van der Waals surface area contributed by atoms with E-state index >= 15 is 0 Å². The average molecular weight is 188 g/mol. The van der Waals surface area contributed by atoms with E-state index in [-0.39, 0.29) is 12.4 Å². The first-order valence-electron chi connectivity index (χ1n) is 3.07. The summed E-state index contributed by atoms with van der Waals surface area (Å²) in [6.45, 7) is 0. The number of halogens is 1. The van der Waals surface area contributed by atoms with Crippen molar-refractivity contribution in [3.05, 3.63) is 33.1 Å². The molecular weight excluding hydrogens is 182 g/mol. The summed E-state index contributed by atoms with van der Waals surface area (Å²) in [5.74, 6) is 0. The average Bonchev–Trinajstić information content (AvgIpc) is 2.34. The fourth-order valence-electron chi connectivity index (χ4n) is 0.981. The summed E-state index contributed by atoms with van der Waals surface area (Å²) in [5.41, 5.74) is 0.0409. The van der Waals surface area contributed by atoms with Gasteiger partial charge >= 0.3 is 5.69 Å². The lowest BCUT2D eigenvalue weighted by molar-refractivity contribution is 1.08. The van der Waals surface area contributed by atoms with Gasteiger partial charge in [-0.1, -0.05) is 0 Å². The van der Waals surface area contributed by atoms with Crippen molar-refractivity contribution in [2.75, 3.05) is 0 Å². The standard InChI is InChI=1S/C6H5N3O2.ClH/c10-5-4-3(1-2-7-4)8-6(11)9-5;/h1-2,7H,(H2,8,9,10,11);1H. The highest BCUT2D eigenvalue weighted by molar-refractivity contribution is 5.85. The van der Waals surface area contributed by atoms with E-state index in [2.05, 4.69) is 15.0 Å². The molecule has 3 N–H and O–H groups in total. The first-order chi connectivity index (χ1) is 5.27. The zero-order chi connectivity index (χ0) is 7.84. The van der Waals surface area contributed by atoms with Crippen molar-refractivity contribution in [3.63, 3.8) is 0 Å². The molecule has 6 heteroatoms. The molecule has 2 aromatic heterocycles. The van der Waals surface area contributed by atoms with Crippen LogP contribution in [0.4, 0.5) is 0 Å². The number of fused-ring (bicyclic) bond motifs is 1. The fourth-order valence-corrected chi connectivity index (χ4v) is 0.981. The summed E-state index contributed by atoms with van der Waals surface area (Å²) in [7, 11) is 0. The van der Waals surface area contributed by atoms with Crippen molar-refractivity contribution < 1.29 is 0 Å². The molecular formula is C6H6ClN3O2. The molecule has 0 amide bonds. The molecule has 2 aromatic rings. The Morgan fingerprint density at radius 1 is 1.17 bits per heavy atom. The molecule has 0 bridgehead atoms. The van der Waals surface area contributed by atoms with Gasteiger partial charge in [0.15, 0.2) is 0 Å². The topological polar surface area (TPSA) is 81.5 Å². The zero-order valence-corrected chi connectivity index (χ0v) is 6.70. The summed E-state index contributed by atoms with van der Waals surface area (Å²) in [5, 5.41) is 0. The molecule has 0 spiro atoms. The second-order valence-electron chi connectivity index (χ2n) is 2.17. The smallest absolute Gasteiger partial charge is 0.326 e. The Hall–Kier alpha value is -1.49. The Kier molecular flexibility index (Phi) is 2.05. The van der Waals surface area contributed by atoms with Gasteiger partial charge in [0, 0.05) is 6.20 Å². The lowest BCUT2D eigenvalue weighted by Crippen LogP contribution is -2.21. The fraction of sp³-hybridized carbons (Fsp3) is 0. The van der Waals surface area contributed by atoms with Crippen LogP contribution in [0.3, 0.4) is 0 Å². The first kappa shape index (κ1) is 8.61. The molecule has 2 heterocycles. The first-order valence-corrected chi connectivity index (χ1v) is 3.07. The third-order valence-corrected chi connectivity index (χ3v) is 1.45. The van der Waals surface area contributed by atoms with Gasteiger partial charge in [0.05, 0.1) is 5.52 Å². The molecule has 0 radical (unpaired) electrons. The zero-order valence-electron chi connectivity index (χ0n) is 5.88. The van der Waals surface area contributed by atoms with Crippen LogP contribution in [0.5, 0.6) is 0 Å². The van der Waals surface area contributed by atoms with Crippen molar-refractivity contribution in [1.82, 2.24) is 15.0 Å². The Balaban J connectivity index is 0.000000720. The van der Waals surface area contributed by atoms with Crippen LogP contribution in [0.15, 0.2) is 21.9 Å². The maximum atomic E-state index is 11.0. The summed E-state index contributed by atoms with van der Waals surface area (Å²) in [6, 6.07) is 1.63. The molecule has 2 rings (SSSR count). The summed E-state index contributed by atoms with van der Waals surface area (Å²) in [6.07, 6.45) is 1.59. The normalized spacial score (nSPS) is 9.67. The van der Waals surface area contributed by atoms with Crippen LogP contribution >= 0.6 is 12.4 Å². The second kappa shape index (κ2) is 2.86. The highest BCUT2D eigenvalue weighted by atomic mass is 35.5. The maximum absolute atomic E-state index is 11.0. The van der Waals surface area contributed by atoms with Crippen molar-refractivity contribution in [2.24, 2.45) is 0 Å². The predicted molar refractivity (Wildman–Crippen MR) is 46.8 cm³/mol. The Morgan fingerprint density at radius 3 is 2.67 bits per heavy atom.